The van der Waals surface area contributed by atoms with E-state index in [-0.39, 0.29) is 23.8 Å². The molecule has 0 aromatic heterocycles. The first kappa shape index (κ1) is 15.9. The Labute approximate surface area is 116 Å². The maximum absolute atomic E-state index is 12.0. The summed E-state index contributed by atoms with van der Waals surface area (Å²) in [7, 11) is 1.96. The minimum Gasteiger partial charge on any atom is -0.395 e. The number of aliphatic hydroxyl groups excluding tert-OH is 1. The van der Waals surface area contributed by atoms with Gasteiger partial charge in [0.2, 0.25) is 0 Å². The van der Waals surface area contributed by atoms with Gasteiger partial charge in [0, 0.05) is 24.6 Å². The topological polar surface area (TPSA) is 40.5 Å². The van der Waals surface area contributed by atoms with E-state index in [1.54, 1.807) is 0 Å². The second-order valence-corrected chi connectivity index (χ2v) is 6.08. The molecule has 0 fully saturated rings. The Morgan fingerprint density at radius 2 is 1.84 bits per heavy atom. The van der Waals surface area contributed by atoms with Crippen molar-refractivity contribution in [3.63, 3.8) is 0 Å². The molecule has 106 valence electrons. The first-order chi connectivity index (χ1) is 8.86. The summed E-state index contributed by atoms with van der Waals surface area (Å²) in [5.74, 6) is 0.151. The zero-order chi connectivity index (χ0) is 14.5. The van der Waals surface area contributed by atoms with Crippen LogP contribution in [0.15, 0.2) is 30.3 Å². The van der Waals surface area contributed by atoms with E-state index < -0.39 is 0 Å². The molecule has 1 rings (SSSR count). The minimum absolute atomic E-state index is 0.000700. The van der Waals surface area contributed by atoms with Crippen molar-refractivity contribution in [1.29, 1.82) is 0 Å². The van der Waals surface area contributed by atoms with E-state index in [2.05, 4.69) is 25.7 Å². The third kappa shape index (κ3) is 4.77. The molecule has 0 spiro atoms. The minimum atomic E-state index is -0.000700. The second-order valence-electron chi connectivity index (χ2n) is 6.08. The van der Waals surface area contributed by atoms with Gasteiger partial charge in [-0.05, 0) is 12.5 Å². The van der Waals surface area contributed by atoms with Gasteiger partial charge in [-0.2, -0.15) is 0 Å². The molecule has 1 aromatic carbocycles. The fraction of sp³-hybridized carbons (Fsp3) is 0.562. The molecule has 0 amide bonds. The van der Waals surface area contributed by atoms with Crippen LogP contribution in [0.2, 0.25) is 0 Å². The van der Waals surface area contributed by atoms with Crippen LogP contribution in [0.3, 0.4) is 0 Å². The molecule has 1 unspecified atom stereocenters. The molecule has 3 nitrogen and oxygen atoms in total. The molecular weight excluding hydrogens is 238 g/mol. The van der Waals surface area contributed by atoms with Gasteiger partial charge < -0.3 is 10.0 Å². The highest BCUT2D eigenvalue weighted by Gasteiger charge is 2.27. The molecule has 1 atom stereocenters. The molecule has 0 saturated carbocycles. The number of benzene rings is 1. The summed E-state index contributed by atoms with van der Waals surface area (Å²) in [5.41, 5.74) is 0.756. The van der Waals surface area contributed by atoms with Crippen molar-refractivity contribution in [2.45, 2.75) is 33.2 Å². The van der Waals surface area contributed by atoms with Gasteiger partial charge in [-0.3, -0.25) is 4.79 Å². The molecule has 0 radical (unpaired) electrons. The number of hydrogen-bond donors (Lipinski definition) is 1. The van der Waals surface area contributed by atoms with E-state index >= 15 is 0 Å². The lowest BCUT2D eigenvalue weighted by Crippen LogP contribution is -2.45. The van der Waals surface area contributed by atoms with Gasteiger partial charge in [0.1, 0.15) is 0 Å². The molecule has 19 heavy (non-hydrogen) atoms. The summed E-state index contributed by atoms with van der Waals surface area (Å²) in [4.78, 5) is 14.1. The summed E-state index contributed by atoms with van der Waals surface area (Å²) in [6, 6.07) is 9.41. The van der Waals surface area contributed by atoms with Crippen LogP contribution >= 0.6 is 0 Å². The molecule has 3 heteroatoms. The Kier molecular flexibility index (Phi) is 5.70. The van der Waals surface area contributed by atoms with E-state index in [1.807, 2.05) is 37.4 Å². The molecule has 0 heterocycles. The number of carbonyl (C=O) groups excluding carboxylic acids is 1. The average molecular weight is 263 g/mol. The maximum Gasteiger partial charge on any atom is 0.164 e. The summed E-state index contributed by atoms with van der Waals surface area (Å²) in [6.07, 6.45) is 0.479. The van der Waals surface area contributed by atoms with Crippen LogP contribution in [0.4, 0.5) is 0 Å². The van der Waals surface area contributed by atoms with Gasteiger partial charge in [-0.15, -0.1) is 0 Å². The highest BCUT2D eigenvalue weighted by Crippen LogP contribution is 2.23. The van der Waals surface area contributed by atoms with Crippen LogP contribution in [0.5, 0.6) is 0 Å². The standard InChI is InChI=1S/C16H25NO2/c1-16(2,3)15(12-18)17(4)11-10-14(19)13-8-6-5-7-9-13/h5-9,15,18H,10-12H2,1-4H3. The Hall–Kier alpha value is -1.19. The first-order valence-corrected chi connectivity index (χ1v) is 6.75. The Bertz CT molecular complexity index is 395. The number of hydrogen-bond acceptors (Lipinski definition) is 3. The predicted molar refractivity (Wildman–Crippen MR) is 78.3 cm³/mol. The molecule has 0 aliphatic carbocycles. The second kappa shape index (κ2) is 6.83. The van der Waals surface area contributed by atoms with Crippen LogP contribution < -0.4 is 0 Å². The Morgan fingerprint density at radius 3 is 2.32 bits per heavy atom. The molecule has 1 N–H and O–H groups in total. The van der Waals surface area contributed by atoms with Crippen molar-refractivity contribution in [3.8, 4) is 0 Å². The van der Waals surface area contributed by atoms with Gasteiger partial charge in [0.05, 0.1) is 6.61 Å². The Balaban J connectivity index is 2.55. The number of ketones is 1. The van der Waals surface area contributed by atoms with E-state index in [1.165, 1.54) is 0 Å². The molecular formula is C16H25NO2. The normalized spacial score (nSPS) is 13.6. The quantitative estimate of drug-likeness (QED) is 0.802. The van der Waals surface area contributed by atoms with E-state index in [9.17, 15) is 9.90 Å². The third-order valence-electron chi connectivity index (χ3n) is 3.49. The largest absolute Gasteiger partial charge is 0.395 e. The predicted octanol–water partition coefficient (Wildman–Crippen LogP) is 2.60. The van der Waals surface area contributed by atoms with Crippen LogP contribution in [0.1, 0.15) is 37.6 Å². The highest BCUT2D eigenvalue weighted by molar-refractivity contribution is 5.96. The van der Waals surface area contributed by atoms with Crippen molar-refractivity contribution < 1.29 is 9.90 Å². The van der Waals surface area contributed by atoms with Gasteiger partial charge in [0.15, 0.2) is 5.78 Å². The smallest absolute Gasteiger partial charge is 0.164 e. The van der Waals surface area contributed by atoms with Gasteiger partial charge in [-0.1, -0.05) is 51.1 Å². The van der Waals surface area contributed by atoms with E-state index in [0.29, 0.717) is 13.0 Å². The maximum atomic E-state index is 12.0. The van der Waals surface area contributed by atoms with Gasteiger partial charge >= 0.3 is 0 Å². The van der Waals surface area contributed by atoms with Gasteiger partial charge in [-0.25, -0.2) is 0 Å². The number of carbonyl (C=O) groups is 1. The monoisotopic (exact) mass is 263 g/mol. The molecule has 0 aliphatic rings. The number of nitrogens with zero attached hydrogens (tertiary/aromatic N) is 1. The zero-order valence-electron chi connectivity index (χ0n) is 12.4. The molecule has 0 bridgehead atoms. The summed E-state index contributed by atoms with van der Waals surface area (Å²) in [6.45, 7) is 7.08. The lowest BCUT2D eigenvalue weighted by Gasteiger charge is -2.36. The summed E-state index contributed by atoms with van der Waals surface area (Å²) < 4.78 is 0. The summed E-state index contributed by atoms with van der Waals surface area (Å²) in [5, 5.41) is 9.49. The van der Waals surface area contributed by atoms with Crippen molar-refractivity contribution in [2.24, 2.45) is 5.41 Å². The van der Waals surface area contributed by atoms with Crippen molar-refractivity contribution >= 4 is 5.78 Å². The van der Waals surface area contributed by atoms with Crippen molar-refractivity contribution in [2.75, 3.05) is 20.2 Å². The van der Waals surface area contributed by atoms with Crippen molar-refractivity contribution in [3.05, 3.63) is 35.9 Å². The summed E-state index contributed by atoms with van der Waals surface area (Å²) >= 11 is 0. The van der Waals surface area contributed by atoms with E-state index in [0.717, 1.165) is 5.56 Å². The fourth-order valence-corrected chi connectivity index (χ4v) is 2.28. The number of likely N-dealkylation sites (N-methyl/N-ethyl adjacent to an activating group) is 1. The van der Waals surface area contributed by atoms with Gasteiger partial charge in [0.25, 0.3) is 0 Å². The number of aliphatic hydroxyl groups is 1. The highest BCUT2D eigenvalue weighted by atomic mass is 16.3. The number of rotatable bonds is 6. The molecule has 0 aliphatic heterocycles. The molecule has 1 aromatic rings. The SMILES string of the molecule is CN(CCC(=O)c1ccccc1)C(CO)C(C)(C)C. The van der Waals surface area contributed by atoms with Crippen LogP contribution in [0.25, 0.3) is 0 Å². The van der Waals surface area contributed by atoms with Crippen LogP contribution in [-0.4, -0.2) is 42.0 Å². The lowest BCUT2D eigenvalue weighted by molar-refractivity contribution is 0.0625. The zero-order valence-corrected chi connectivity index (χ0v) is 12.4. The van der Waals surface area contributed by atoms with Crippen molar-refractivity contribution in [1.82, 2.24) is 4.90 Å². The first-order valence-electron chi connectivity index (χ1n) is 6.75. The average Bonchev–Trinajstić information content (AvgIpc) is 2.36. The van der Waals surface area contributed by atoms with Crippen LogP contribution in [0, 0.1) is 5.41 Å². The van der Waals surface area contributed by atoms with Crippen LogP contribution in [-0.2, 0) is 0 Å². The fourth-order valence-electron chi connectivity index (χ4n) is 2.28. The third-order valence-corrected chi connectivity index (χ3v) is 3.49. The lowest BCUT2D eigenvalue weighted by atomic mass is 9.86. The van der Waals surface area contributed by atoms with E-state index in [4.69, 9.17) is 0 Å². The Morgan fingerprint density at radius 1 is 1.26 bits per heavy atom. The number of Topliss-reactive ketones (excluding diaryl/α,β-unsaturated/α-hetero) is 1. The molecule has 0 saturated heterocycles.